The van der Waals surface area contributed by atoms with E-state index in [-0.39, 0.29) is 0 Å². The van der Waals surface area contributed by atoms with Gasteiger partial charge >= 0.3 is 0 Å². The molecule has 12 heavy (non-hydrogen) atoms. The number of carbonyl (C=O) groups is 1. The lowest BCUT2D eigenvalue weighted by atomic mass is 10.2. The fourth-order valence-electron chi connectivity index (χ4n) is 0.755. The lowest BCUT2D eigenvalue weighted by molar-refractivity contribution is -0.301. The van der Waals surface area contributed by atoms with Gasteiger partial charge in [-0.05, 0) is 11.6 Å². The van der Waals surface area contributed by atoms with Crippen molar-refractivity contribution in [2.45, 2.75) is 0 Å². The highest BCUT2D eigenvalue weighted by molar-refractivity contribution is 5.87. The molecule has 0 aliphatic heterocycles. The fourth-order valence-corrected chi connectivity index (χ4v) is 0.755. The summed E-state index contributed by atoms with van der Waals surface area (Å²) in [6.45, 7) is 0. The highest BCUT2D eigenvalue weighted by atomic mass is 19.1. The molecule has 0 aromatic heterocycles. The third-order valence-electron chi connectivity index (χ3n) is 1.29. The quantitative estimate of drug-likeness (QED) is 0.606. The molecule has 0 spiro atoms. The van der Waals surface area contributed by atoms with Gasteiger partial charge in [0.15, 0.2) is 0 Å². The van der Waals surface area contributed by atoms with E-state index in [2.05, 4.69) is 0 Å². The van der Waals surface area contributed by atoms with Gasteiger partial charge in [0.2, 0.25) is 0 Å². The Kier molecular flexibility index (Phi) is 2.58. The summed E-state index contributed by atoms with van der Waals surface area (Å²) in [6.07, 6.45) is 0.912. The number of aliphatic carboxylic acids is 1. The molecule has 0 radical (unpaired) electrons. The molecule has 0 saturated carbocycles. The van der Waals surface area contributed by atoms with E-state index in [1.807, 2.05) is 0 Å². The maximum Gasteiger partial charge on any atom is 0.146 e. The van der Waals surface area contributed by atoms with Crippen LogP contribution in [0.3, 0.4) is 0 Å². The molecular weight excluding hydrogens is 159 g/mol. The zero-order chi connectivity index (χ0) is 8.97. The van der Waals surface area contributed by atoms with Crippen LogP contribution in [0, 0.1) is 0 Å². The first-order valence-corrected chi connectivity index (χ1v) is 3.34. The van der Waals surface area contributed by atoms with E-state index in [1.165, 1.54) is 0 Å². The molecule has 0 unspecified atom stereocenters. The zero-order valence-corrected chi connectivity index (χ0v) is 6.16. The van der Waals surface area contributed by atoms with Crippen LogP contribution >= 0.6 is 0 Å². The van der Waals surface area contributed by atoms with E-state index in [0.29, 0.717) is 5.56 Å². The van der Waals surface area contributed by atoms with Gasteiger partial charge in [-0.15, -0.1) is 0 Å². The van der Waals surface area contributed by atoms with E-state index in [1.54, 1.807) is 30.3 Å². The monoisotopic (exact) mass is 165 g/mol. The Balaban J connectivity index is 2.89. The van der Waals surface area contributed by atoms with Gasteiger partial charge in [0.05, 0.1) is 0 Å². The van der Waals surface area contributed by atoms with Crippen LogP contribution in [0.25, 0.3) is 6.08 Å². The van der Waals surface area contributed by atoms with Crippen molar-refractivity contribution >= 4 is 12.0 Å². The summed E-state index contributed by atoms with van der Waals surface area (Å²) in [7, 11) is 0. The van der Waals surface area contributed by atoms with Crippen LogP contribution in [-0.4, -0.2) is 5.97 Å². The van der Waals surface area contributed by atoms with Gasteiger partial charge in [-0.3, -0.25) is 0 Å². The fraction of sp³-hybridized carbons (Fsp3) is 0. The summed E-state index contributed by atoms with van der Waals surface area (Å²) in [5, 5.41) is 9.95. The molecule has 0 aliphatic carbocycles. The van der Waals surface area contributed by atoms with E-state index < -0.39 is 11.8 Å². The van der Waals surface area contributed by atoms with Crippen LogP contribution < -0.4 is 5.11 Å². The lowest BCUT2D eigenvalue weighted by Gasteiger charge is -1.96. The number of carboxylic acids is 1. The minimum absolute atomic E-state index is 0.499. The third-order valence-corrected chi connectivity index (χ3v) is 1.29. The molecule has 0 aliphatic rings. The van der Waals surface area contributed by atoms with E-state index in [9.17, 15) is 14.3 Å². The molecule has 1 aromatic rings. The number of carbonyl (C=O) groups excluding carboxylic acids is 1. The molecule has 0 bridgehead atoms. The van der Waals surface area contributed by atoms with Crippen molar-refractivity contribution in [2.75, 3.05) is 0 Å². The molecule has 1 rings (SSSR count). The van der Waals surface area contributed by atoms with E-state index in [4.69, 9.17) is 0 Å². The number of halogens is 1. The molecule has 0 saturated heterocycles. The van der Waals surface area contributed by atoms with Crippen molar-refractivity contribution in [1.82, 2.24) is 0 Å². The molecule has 0 atom stereocenters. The molecule has 0 amide bonds. The molecule has 1 aromatic carbocycles. The third kappa shape index (κ3) is 2.20. The van der Waals surface area contributed by atoms with Gasteiger partial charge in [0.1, 0.15) is 11.8 Å². The minimum Gasteiger partial charge on any atom is -0.542 e. The number of hydrogen-bond acceptors (Lipinski definition) is 2. The average molecular weight is 165 g/mol. The Hall–Kier alpha value is -1.64. The largest absolute Gasteiger partial charge is 0.542 e. The van der Waals surface area contributed by atoms with Crippen LogP contribution in [0.5, 0.6) is 0 Å². The summed E-state index contributed by atoms with van der Waals surface area (Å²) in [6, 6.07) is 8.34. The Bertz CT molecular complexity index is 304. The van der Waals surface area contributed by atoms with Crippen molar-refractivity contribution in [3.8, 4) is 0 Å². The zero-order valence-electron chi connectivity index (χ0n) is 6.16. The summed E-state index contributed by atoms with van der Waals surface area (Å²) >= 11 is 0. The van der Waals surface area contributed by atoms with Crippen LogP contribution in [0.1, 0.15) is 5.56 Å². The SMILES string of the molecule is O=C([O-])/C(F)=C/c1ccccc1. The van der Waals surface area contributed by atoms with Gasteiger partial charge in [-0.2, -0.15) is 0 Å². The average Bonchev–Trinajstić information content (AvgIpc) is 2.06. The first-order valence-electron chi connectivity index (χ1n) is 3.34. The Morgan fingerprint density at radius 2 is 1.92 bits per heavy atom. The maximum atomic E-state index is 12.4. The number of carboxylic acid groups (broad SMARTS) is 1. The van der Waals surface area contributed by atoms with Crippen molar-refractivity contribution < 1.29 is 14.3 Å². The highest BCUT2D eigenvalue weighted by Crippen LogP contribution is 2.06. The molecule has 62 valence electrons. The topological polar surface area (TPSA) is 40.1 Å². The molecule has 3 heteroatoms. The number of rotatable bonds is 2. The predicted octanol–water partition coefficient (Wildman–Crippen LogP) is 0.747. The second kappa shape index (κ2) is 3.67. The number of benzene rings is 1. The highest BCUT2D eigenvalue weighted by Gasteiger charge is 1.94. The number of hydrogen-bond donors (Lipinski definition) is 0. The van der Waals surface area contributed by atoms with Crippen LogP contribution in [-0.2, 0) is 4.79 Å². The standard InChI is InChI=1S/C9H7FO2/c10-8(9(11)12)6-7-4-2-1-3-5-7/h1-6H,(H,11,12)/p-1/b8-6-. The first-order chi connectivity index (χ1) is 5.70. The minimum atomic E-state index is -1.79. The Morgan fingerprint density at radius 1 is 1.33 bits per heavy atom. The van der Waals surface area contributed by atoms with Gasteiger partial charge in [0, 0.05) is 0 Å². The molecular formula is C9H6FO2-. The Morgan fingerprint density at radius 3 is 2.42 bits per heavy atom. The molecule has 0 heterocycles. The van der Waals surface area contributed by atoms with Crippen molar-refractivity contribution in [2.24, 2.45) is 0 Å². The second-order valence-electron chi connectivity index (χ2n) is 2.19. The van der Waals surface area contributed by atoms with E-state index in [0.717, 1.165) is 6.08 Å². The predicted molar refractivity (Wildman–Crippen MR) is 40.5 cm³/mol. The summed E-state index contributed by atoms with van der Waals surface area (Å²) in [5.74, 6) is -3.06. The van der Waals surface area contributed by atoms with Crippen LogP contribution in [0.4, 0.5) is 4.39 Å². The van der Waals surface area contributed by atoms with Crippen molar-refractivity contribution in [1.29, 1.82) is 0 Å². The van der Waals surface area contributed by atoms with Crippen LogP contribution in [0.2, 0.25) is 0 Å². The smallest absolute Gasteiger partial charge is 0.146 e. The molecule has 0 fully saturated rings. The second-order valence-corrected chi connectivity index (χ2v) is 2.19. The summed E-state index contributed by atoms with van der Waals surface area (Å²) in [4.78, 5) is 9.95. The summed E-state index contributed by atoms with van der Waals surface area (Å²) in [5.41, 5.74) is 0.499. The Labute approximate surface area is 69.0 Å². The van der Waals surface area contributed by atoms with Crippen LogP contribution in [0.15, 0.2) is 36.2 Å². The van der Waals surface area contributed by atoms with E-state index >= 15 is 0 Å². The first kappa shape index (κ1) is 8.46. The molecule has 0 N–H and O–H groups in total. The van der Waals surface area contributed by atoms with Gasteiger partial charge in [-0.1, -0.05) is 30.3 Å². The van der Waals surface area contributed by atoms with Gasteiger partial charge in [0.25, 0.3) is 0 Å². The normalized spacial score (nSPS) is 11.2. The van der Waals surface area contributed by atoms with Crippen molar-refractivity contribution in [3.05, 3.63) is 41.7 Å². The maximum absolute atomic E-state index is 12.4. The van der Waals surface area contributed by atoms with Crippen molar-refractivity contribution in [3.63, 3.8) is 0 Å². The molecule has 2 nitrogen and oxygen atoms in total. The summed E-state index contributed by atoms with van der Waals surface area (Å²) < 4.78 is 12.4. The van der Waals surface area contributed by atoms with Gasteiger partial charge < -0.3 is 9.90 Å². The van der Waals surface area contributed by atoms with Gasteiger partial charge in [-0.25, -0.2) is 4.39 Å². The lowest BCUT2D eigenvalue weighted by Crippen LogP contribution is -2.22.